The van der Waals surface area contributed by atoms with Gasteiger partial charge in [-0.15, -0.1) is 0 Å². The van der Waals surface area contributed by atoms with Crippen molar-refractivity contribution >= 4 is 17.5 Å². The number of ether oxygens (including phenoxy) is 1. The Morgan fingerprint density at radius 1 is 1.43 bits per heavy atom. The summed E-state index contributed by atoms with van der Waals surface area (Å²) in [5, 5.41) is 17.6. The molecule has 1 rings (SSSR count). The number of carbonyl (C=O) groups excluding carboxylic acids is 1. The van der Waals surface area contributed by atoms with E-state index >= 15 is 0 Å². The van der Waals surface area contributed by atoms with Crippen LogP contribution in [0.1, 0.15) is 26.7 Å². The lowest BCUT2D eigenvalue weighted by atomic mass is 10.1. The van der Waals surface area contributed by atoms with Gasteiger partial charge < -0.3 is 9.64 Å². The number of alkyl halides is 1. The maximum absolute atomic E-state index is 12.8. The second-order valence-electron chi connectivity index (χ2n) is 5.17. The lowest BCUT2D eigenvalue weighted by Crippen LogP contribution is -2.59. The van der Waals surface area contributed by atoms with Crippen molar-refractivity contribution in [2.45, 2.75) is 37.7 Å². The van der Waals surface area contributed by atoms with E-state index < -0.39 is 5.00 Å². The molecule has 1 heterocycles. The largest absolute Gasteiger partial charge is 0.379 e. The fourth-order valence-corrected chi connectivity index (χ4v) is 2.59. The lowest BCUT2D eigenvalue weighted by molar-refractivity contribution is -0.142. The molecule has 0 aromatic rings. The molecule has 0 saturated carbocycles. The number of halogens is 1. The molecule has 0 bridgehead atoms. The van der Waals surface area contributed by atoms with Gasteiger partial charge in [-0.2, -0.15) is 10.5 Å². The van der Waals surface area contributed by atoms with Crippen molar-refractivity contribution in [3.05, 3.63) is 0 Å². The standard InChI is InChI=1S/C14H21ClN4O2/c1-12(4-6-17)19(7-3-5-16)13(20)14(2,15)18-8-10-21-11-9-18/h12H,3-4,7-11H2,1-2H3. The van der Waals surface area contributed by atoms with E-state index in [1.165, 1.54) is 4.90 Å². The molecule has 1 amide bonds. The fourth-order valence-electron chi connectivity index (χ4n) is 2.32. The molecule has 2 unspecified atom stereocenters. The summed E-state index contributed by atoms with van der Waals surface area (Å²) in [4.78, 5) is 15.0. The highest BCUT2D eigenvalue weighted by molar-refractivity contribution is 6.34. The maximum atomic E-state index is 12.8. The Morgan fingerprint density at radius 2 is 2.05 bits per heavy atom. The Balaban J connectivity index is 2.86. The van der Waals surface area contributed by atoms with E-state index in [2.05, 4.69) is 6.07 Å². The van der Waals surface area contributed by atoms with Gasteiger partial charge in [-0.05, 0) is 13.8 Å². The van der Waals surface area contributed by atoms with Gasteiger partial charge in [-0.1, -0.05) is 11.6 Å². The summed E-state index contributed by atoms with van der Waals surface area (Å²) in [6.07, 6.45) is 0.435. The van der Waals surface area contributed by atoms with Gasteiger partial charge in [0, 0.05) is 25.7 Å². The maximum Gasteiger partial charge on any atom is 0.258 e. The average molecular weight is 313 g/mol. The molecule has 0 aliphatic carbocycles. The Bertz CT molecular complexity index is 435. The molecule has 0 radical (unpaired) electrons. The molecule has 0 aromatic heterocycles. The number of carbonyl (C=O) groups is 1. The summed E-state index contributed by atoms with van der Waals surface area (Å²) >= 11 is 6.50. The van der Waals surface area contributed by atoms with Crippen LogP contribution in [-0.4, -0.2) is 59.6 Å². The van der Waals surface area contributed by atoms with E-state index in [4.69, 9.17) is 26.9 Å². The van der Waals surface area contributed by atoms with Crippen LogP contribution in [0.3, 0.4) is 0 Å². The van der Waals surface area contributed by atoms with Crippen LogP contribution in [0.2, 0.25) is 0 Å². The quantitative estimate of drug-likeness (QED) is 0.546. The topological polar surface area (TPSA) is 80.4 Å². The SMILES string of the molecule is CC(CC#N)N(CCC#N)C(=O)C(C)(Cl)N1CCOCC1. The van der Waals surface area contributed by atoms with E-state index in [0.29, 0.717) is 26.3 Å². The number of amides is 1. The van der Waals surface area contributed by atoms with Gasteiger partial charge in [-0.25, -0.2) is 0 Å². The number of hydrogen-bond acceptors (Lipinski definition) is 5. The summed E-state index contributed by atoms with van der Waals surface area (Å²) in [6, 6.07) is 3.82. The lowest BCUT2D eigenvalue weighted by Gasteiger charge is -2.41. The third-order valence-electron chi connectivity index (χ3n) is 3.64. The zero-order chi connectivity index (χ0) is 15.9. The molecule has 7 heteroatoms. The van der Waals surface area contributed by atoms with Crippen molar-refractivity contribution in [3.63, 3.8) is 0 Å². The monoisotopic (exact) mass is 312 g/mol. The van der Waals surface area contributed by atoms with E-state index in [-0.39, 0.29) is 31.3 Å². The van der Waals surface area contributed by atoms with Crippen molar-refractivity contribution in [1.82, 2.24) is 9.80 Å². The minimum Gasteiger partial charge on any atom is -0.379 e. The van der Waals surface area contributed by atoms with Crippen LogP contribution in [0, 0.1) is 22.7 Å². The first-order valence-corrected chi connectivity index (χ1v) is 7.39. The van der Waals surface area contributed by atoms with Crippen LogP contribution < -0.4 is 0 Å². The molecule has 21 heavy (non-hydrogen) atoms. The first-order chi connectivity index (χ1) is 9.95. The van der Waals surface area contributed by atoms with Crippen LogP contribution in [0.25, 0.3) is 0 Å². The fraction of sp³-hybridized carbons (Fsp3) is 0.786. The molecule has 116 valence electrons. The Hall–Kier alpha value is -1.34. The molecule has 1 aliphatic heterocycles. The van der Waals surface area contributed by atoms with Gasteiger partial charge >= 0.3 is 0 Å². The summed E-state index contributed by atoms with van der Waals surface area (Å²) in [6.45, 7) is 6.01. The number of rotatable bonds is 6. The van der Waals surface area contributed by atoms with Crippen molar-refractivity contribution < 1.29 is 9.53 Å². The predicted octanol–water partition coefficient (Wildman–Crippen LogP) is 1.32. The van der Waals surface area contributed by atoms with Gasteiger partial charge in [0.1, 0.15) is 0 Å². The third kappa shape index (κ3) is 4.57. The number of morpholine rings is 1. The number of nitriles is 2. The van der Waals surface area contributed by atoms with Gasteiger partial charge in [0.25, 0.3) is 5.91 Å². The molecule has 1 saturated heterocycles. The Morgan fingerprint density at radius 3 is 2.57 bits per heavy atom. The molecule has 1 fully saturated rings. The minimum absolute atomic E-state index is 0.216. The number of hydrogen-bond donors (Lipinski definition) is 0. The Kier molecular flexibility index (Phi) is 6.91. The van der Waals surface area contributed by atoms with Crippen LogP contribution in [0.5, 0.6) is 0 Å². The van der Waals surface area contributed by atoms with Gasteiger partial charge in [-0.3, -0.25) is 9.69 Å². The normalized spacial score (nSPS) is 19.9. The molecule has 0 N–H and O–H groups in total. The second kappa shape index (κ2) is 8.19. The van der Waals surface area contributed by atoms with Crippen LogP contribution in [-0.2, 0) is 9.53 Å². The first kappa shape index (κ1) is 17.7. The van der Waals surface area contributed by atoms with E-state index in [9.17, 15) is 4.79 Å². The average Bonchev–Trinajstić information content (AvgIpc) is 2.48. The van der Waals surface area contributed by atoms with Crippen molar-refractivity contribution in [3.8, 4) is 12.1 Å². The zero-order valence-electron chi connectivity index (χ0n) is 12.5. The first-order valence-electron chi connectivity index (χ1n) is 7.01. The summed E-state index contributed by atoms with van der Waals surface area (Å²) in [5.41, 5.74) is 0. The second-order valence-corrected chi connectivity index (χ2v) is 5.91. The van der Waals surface area contributed by atoms with Crippen molar-refractivity contribution in [1.29, 1.82) is 10.5 Å². The molecular weight excluding hydrogens is 292 g/mol. The Labute approximate surface area is 130 Å². The zero-order valence-corrected chi connectivity index (χ0v) is 13.3. The van der Waals surface area contributed by atoms with Crippen LogP contribution in [0.15, 0.2) is 0 Å². The summed E-state index contributed by atoms with van der Waals surface area (Å²) in [7, 11) is 0. The highest BCUT2D eigenvalue weighted by atomic mass is 35.5. The van der Waals surface area contributed by atoms with Crippen LogP contribution in [0.4, 0.5) is 0 Å². The van der Waals surface area contributed by atoms with E-state index in [0.717, 1.165) is 0 Å². The molecule has 0 aromatic carbocycles. The summed E-state index contributed by atoms with van der Waals surface area (Å²) in [5.74, 6) is -0.260. The highest BCUT2D eigenvalue weighted by Crippen LogP contribution is 2.26. The van der Waals surface area contributed by atoms with Gasteiger partial charge in [0.15, 0.2) is 5.00 Å². The van der Waals surface area contributed by atoms with E-state index in [1.807, 2.05) is 11.0 Å². The van der Waals surface area contributed by atoms with Crippen molar-refractivity contribution in [2.75, 3.05) is 32.8 Å². The summed E-state index contributed by atoms with van der Waals surface area (Å²) < 4.78 is 5.27. The van der Waals surface area contributed by atoms with Crippen molar-refractivity contribution in [2.24, 2.45) is 0 Å². The predicted molar refractivity (Wildman–Crippen MR) is 78.3 cm³/mol. The van der Waals surface area contributed by atoms with Gasteiger partial charge in [0.2, 0.25) is 0 Å². The van der Waals surface area contributed by atoms with Gasteiger partial charge in [0.05, 0.1) is 38.2 Å². The third-order valence-corrected chi connectivity index (χ3v) is 4.04. The minimum atomic E-state index is -1.18. The number of nitrogens with zero attached hydrogens (tertiary/aromatic N) is 4. The smallest absolute Gasteiger partial charge is 0.258 e. The molecular formula is C14H21ClN4O2. The highest BCUT2D eigenvalue weighted by Gasteiger charge is 2.42. The van der Waals surface area contributed by atoms with E-state index in [1.54, 1.807) is 13.8 Å². The molecule has 2 atom stereocenters. The molecule has 6 nitrogen and oxygen atoms in total. The van der Waals surface area contributed by atoms with Crippen LogP contribution >= 0.6 is 11.6 Å². The molecule has 1 aliphatic rings. The molecule has 0 spiro atoms.